The van der Waals surface area contributed by atoms with Crippen molar-refractivity contribution in [2.24, 2.45) is 5.92 Å². The summed E-state index contributed by atoms with van der Waals surface area (Å²) in [5.41, 5.74) is 1.32. The summed E-state index contributed by atoms with van der Waals surface area (Å²) in [5.74, 6) is -0.187. The van der Waals surface area contributed by atoms with Crippen LogP contribution in [0.3, 0.4) is 0 Å². The second kappa shape index (κ2) is 10.5. The van der Waals surface area contributed by atoms with Crippen molar-refractivity contribution in [1.82, 2.24) is 14.2 Å². The number of hydrogen-bond donors (Lipinski definition) is 1. The smallest absolute Gasteiger partial charge is 0.253 e. The van der Waals surface area contributed by atoms with Gasteiger partial charge in [0.2, 0.25) is 10.0 Å². The number of rotatable bonds is 6. The number of carbonyl (C=O) groups is 1. The second-order valence-electron chi connectivity index (χ2n) is 8.37. The molecule has 1 amide bonds. The highest BCUT2D eigenvalue weighted by atomic mass is 32.2. The van der Waals surface area contributed by atoms with Gasteiger partial charge in [0, 0.05) is 43.5 Å². The van der Waals surface area contributed by atoms with Crippen LogP contribution in [0.15, 0.2) is 53.7 Å². The van der Waals surface area contributed by atoms with Crippen LogP contribution in [0.2, 0.25) is 0 Å². The Labute approximate surface area is 195 Å². The molecule has 0 saturated carbocycles. The molecule has 0 spiro atoms. The van der Waals surface area contributed by atoms with Crippen LogP contribution in [0.1, 0.15) is 36.7 Å². The van der Waals surface area contributed by atoms with Crippen molar-refractivity contribution in [3.63, 3.8) is 0 Å². The maximum atomic E-state index is 13.5. The van der Waals surface area contributed by atoms with E-state index in [1.54, 1.807) is 55.5 Å². The molecular formula is C24H31N3O5S. The van der Waals surface area contributed by atoms with Crippen molar-refractivity contribution in [2.45, 2.75) is 37.8 Å². The molecule has 9 heteroatoms. The summed E-state index contributed by atoms with van der Waals surface area (Å²) < 4.78 is 34.5. The molecule has 1 aromatic carbocycles. The van der Waals surface area contributed by atoms with Crippen LogP contribution < -0.4 is 4.74 Å². The molecule has 0 radical (unpaired) electrons. The molecule has 3 atom stereocenters. The normalized spacial score (nSPS) is 21.5. The quantitative estimate of drug-likeness (QED) is 0.692. The number of allylic oxidation sites excluding steroid dienone is 1. The number of amides is 1. The molecule has 2 heterocycles. The van der Waals surface area contributed by atoms with Crippen LogP contribution in [0, 0.1) is 5.92 Å². The van der Waals surface area contributed by atoms with E-state index in [4.69, 9.17) is 4.74 Å². The zero-order chi connectivity index (χ0) is 24.2. The number of fused-ring (bicyclic) bond motifs is 1. The minimum atomic E-state index is -3.89. The molecule has 1 N–H and O–H groups in total. The van der Waals surface area contributed by atoms with E-state index >= 15 is 0 Å². The van der Waals surface area contributed by atoms with Gasteiger partial charge in [-0.05, 0) is 43.7 Å². The molecule has 0 bridgehead atoms. The Morgan fingerprint density at radius 1 is 1.33 bits per heavy atom. The van der Waals surface area contributed by atoms with Crippen LogP contribution in [0.5, 0.6) is 5.75 Å². The van der Waals surface area contributed by atoms with E-state index < -0.39 is 22.2 Å². The molecule has 1 aliphatic rings. The van der Waals surface area contributed by atoms with Gasteiger partial charge >= 0.3 is 0 Å². The predicted octanol–water partition coefficient (Wildman–Crippen LogP) is 2.66. The molecule has 0 fully saturated rings. The zero-order valence-electron chi connectivity index (χ0n) is 19.4. The third kappa shape index (κ3) is 5.43. The van der Waals surface area contributed by atoms with Crippen molar-refractivity contribution in [3.05, 3.63) is 59.9 Å². The lowest BCUT2D eigenvalue weighted by Gasteiger charge is -2.37. The largest absolute Gasteiger partial charge is 0.487 e. The Morgan fingerprint density at radius 3 is 2.67 bits per heavy atom. The first kappa shape index (κ1) is 24.9. The van der Waals surface area contributed by atoms with E-state index in [-0.39, 0.29) is 42.2 Å². The highest BCUT2D eigenvalue weighted by Crippen LogP contribution is 2.34. The Morgan fingerprint density at radius 2 is 2.03 bits per heavy atom. The average Bonchev–Trinajstić information content (AvgIpc) is 2.81. The summed E-state index contributed by atoms with van der Waals surface area (Å²) in [5, 5.41) is 9.74. The molecule has 3 rings (SSSR count). The lowest BCUT2D eigenvalue weighted by atomic mass is 10.0. The SMILES string of the molecule is C/C=C/c1ccc2c(c1)O[C@@H](CN(C)C(=O)c1ccncc1)[C@@H](C)CN([C@@H](C)CO)S2(=O)=O. The van der Waals surface area contributed by atoms with Crippen LogP contribution >= 0.6 is 0 Å². The predicted molar refractivity (Wildman–Crippen MR) is 126 cm³/mol. The molecule has 0 saturated heterocycles. The fourth-order valence-electron chi connectivity index (χ4n) is 3.82. The van der Waals surface area contributed by atoms with Gasteiger partial charge in [0.05, 0.1) is 13.2 Å². The van der Waals surface area contributed by atoms with Gasteiger partial charge in [-0.1, -0.05) is 25.1 Å². The third-order valence-corrected chi connectivity index (χ3v) is 7.80. The van der Waals surface area contributed by atoms with E-state index in [9.17, 15) is 18.3 Å². The first-order valence-corrected chi connectivity index (χ1v) is 12.3. The number of aromatic nitrogens is 1. The monoisotopic (exact) mass is 473 g/mol. The molecule has 2 aromatic rings. The summed E-state index contributed by atoms with van der Waals surface area (Å²) in [4.78, 5) is 18.5. The van der Waals surface area contributed by atoms with Crippen molar-refractivity contribution in [3.8, 4) is 5.75 Å². The molecule has 178 valence electrons. The average molecular weight is 474 g/mol. The minimum absolute atomic E-state index is 0.0519. The first-order valence-electron chi connectivity index (χ1n) is 10.9. The Hall–Kier alpha value is -2.75. The third-order valence-electron chi connectivity index (χ3n) is 5.78. The molecular weight excluding hydrogens is 442 g/mol. The first-order chi connectivity index (χ1) is 15.7. The van der Waals surface area contributed by atoms with Gasteiger partial charge in [0.25, 0.3) is 5.91 Å². The molecule has 1 aliphatic heterocycles. The van der Waals surface area contributed by atoms with E-state index in [2.05, 4.69) is 4.98 Å². The lowest BCUT2D eigenvalue weighted by Crippen LogP contribution is -2.50. The number of aliphatic hydroxyl groups excluding tert-OH is 1. The molecule has 8 nitrogen and oxygen atoms in total. The fourth-order valence-corrected chi connectivity index (χ4v) is 5.65. The second-order valence-corrected chi connectivity index (χ2v) is 10.2. The van der Waals surface area contributed by atoms with Gasteiger partial charge in [-0.2, -0.15) is 4.31 Å². The van der Waals surface area contributed by atoms with Gasteiger partial charge in [-0.25, -0.2) is 8.42 Å². The van der Waals surface area contributed by atoms with Gasteiger partial charge in [-0.15, -0.1) is 0 Å². The van der Waals surface area contributed by atoms with Crippen LogP contribution in [-0.2, 0) is 10.0 Å². The van der Waals surface area contributed by atoms with Gasteiger partial charge < -0.3 is 14.7 Å². The number of sulfonamides is 1. The van der Waals surface area contributed by atoms with Gasteiger partial charge in [-0.3, -0.25) is 9.78 Å². The number of likely N-dealkylation sites (N-methyl/N-ethyl adjacent to an activating group) is 1. The van der Waals surface area contributed by atoms with Crippen LogP contribution in [-0.4, -0.2) is 72.5 Å². The van der Waals surface area contributed by atoms with Crippen molar-refractivity contribution < 1.29 is 23.1 Å². The summed E-state index contributed by atoms with van der Waals surface area (Å²) in [6.07, 6.45) is 6.38. The molecule has 0 aliphatic carbocycles. The molecule has 1 aromatic heterocycles. The number of aliphatic hydroxyl groups is 1. The summed E-state index contributed by atoms with van der Waals surface area (Å²) >= 11 is 0. The molecule has 0 unspecified atom stereocenters. The summed E-state index contributed by atoms with van der Waals surface area (Å²) in [6.45, 7) is 5.56. The maximum Gasteiger partial charge on any atom is 0.253 e. The van der Waals surface area contributed by atoms with Crippen molar-refractivity contribution in [1.29, 1.82) is 0 Å². The highest BCUT2D eigenvalue weighted by Gasteiger charge is 2.38. The minimum Gasteiger partial charge on any atom is -0.487 e. The Bertz CT molecular complexity index is 1100. The molecule has 33 heavy (non-hydrogen) atoms. The standard InChI is InChI=1S/C24H31N3O5S/c1-5-6-19-7-8-23-21(13-19)32-22(15-26(4)24(29)20-9-11-25-12-10-20)17(2)14-27(18(3)16-28)33(23,30)31/h5-13,17-18,22,28H,14-16H2,1-4H3/b6-5+/t17-,18-,22-/m0/s1. The van der Waals surface area contributed by atoms with E-state index in [1.807, 2.05) is 26.0 Å². The number of hydrogen-bond acceptors (Lipinski definition) is 6. The number of ether oxygens (including phenoxy) is 1. The topological polar surface area (TPSA) is 100 Å². The maximum absolute atomic E-state index is 13.5. The summed E-state index contributed by atoms with van der Waals surface area (Å²) in [6, 6.07) is 7.66. The Balaban J connectivity index is 2.01. The van der Waals surface area contributed by atoms with E-state index in [1.165, 1.54) is 10.4 Å². The Kier molecular flexibility index (Phi) is 7.88. The van der Waals surface area contributed by atoms with Gasteiger partial charge in [0.1, 0.15) is 16.7 Å². The fraction of sp³-hybridized carbons (Fsp3) is 0.417. The van der Waals surface area contributed by atoms with E-state index in [0.717, 1.165) is 5.56 Å². The number of carbonyl (C=O) groups excluding carboxylic acids is 1. The van der Waals surface area contributed by atoms with Crippen molar-refractivity contribution >= 4 is 22.0 Å². The number of pyridine rings is 1. The van der Waals surface area contributed by atoms with Crippen LogP contribution in [0.25, 0.3) is 6.08 Å². The highest BCUT2D eigenvalue weighted by molar-refractivity contribution is 7.89. The van der Waals surface area contributed by atoms with E-state index in [0.29, 0.717) is 5.56 Å². The number of benzene rings is 1. The van der Waals surface area contributed by atoms with Crippen LogP contribution in [0.4, 0.5) is 0 Å². The lowest BCUT2D eigenvalue weighted by molar-refractivity contribution is 0.0563. The zero-order valence-corrected chi connectivity index (χ0v) is 20.2. The van der Waals surface area contributed by atoms with Crippen molar-refractivity contribution in [2.75, 3.05) is 26.7 Å². The number of nitrogens with zero attached hydrogens (tertiary/aromatic N) is 3. The summed E-state index contributed by atoms with van der Waals surface area (Å²) in [7, 11) is -2.20. The van der Waals surface area contributed by atoms with Gasteiger partial charge in [0.15, 0.2) is 0 Å².